The molecule has 0 spiro atoms. The molecule has 2 fully saturated rings. The largest absolute Gasteiger partial charge is 0.442 e. The van der Waals surface area contributed by atoms with Crippen LogP contribution in [0.15, 0.2) is 35.7 Å². The summed E-state index contributed by atoms with van der Waals surface area (Å²) in [6.45, 7) is 3.20. The van der Waals surface area contributed by atoms with Crippen LogP contribution >= 0.6 is 11.3 Å². The molecule has 0 bridgehead atoms. The molecular formula is C23H26FN7O3S. The summed E-state index contributed by atoms with van der Waals surface area (Å²) >= 11 is 1.67. The molecule has 1 N–H and O–H groups in total. The second kappa shape index (κ2) is 9.98. The molecule has 1 unspecified atom stereocenters. The first kappa shape index (κ1) is 23.2. The van der Waals surface area contributed by atoms with E-state index in [4.69, 9.17) is 4.74 Å². The van der Waals surface area contributed by atoms with Gasteiger partial charge in [0.15, 0.2) is 5.82 Å². The van der Waals surface area contributed by atoms with Crippen LogP contribution in [0.25, 0.3) is 0 Å². The molecule has 2 aliphatic rings. The molecule has 0 radical (unpaired) electrons. The van der Waals surface area contributed by atoms with E-state index in [9.17, 15) is 9.59 Å². The van der Waals surface area contributed by atoms with Gasteiger partial charge in [0.2, 0.25) is 5.91 Å². The Balaban J connectivity index is 1.18. The number of halogens is 1. The number of hydrogen-bond acceptors (Lipinski definition) is 8. The van der Waals surface area contributed by atoms with E-state index in [1.165, 1.54) is 22.8 Å². The van der Waals surface area contributed by atoms with Crippen LogP contribution in [0.5, 0.6) is 0 Å². The van der Waals surface area contributed by atoms with Crippen molar-refractivity contribution in [3.8, 4) is 0 Å². The predicted octanol–water partition coefficient (Wildman–Crippen LogP) is 2.77. The maximum Gasteiger partial charge on any atom is 0.414 e. The van der Waals surface area contributed by atoms with E-state index < -0.39 is 18.0 Å². The molecule has 0 aliphatic carbocycles. The fourth-order valence-electron chi connectivity index (χ4n) is 4.40. The van der Waals surface area contributed by atoms with E-state index in [-0.39, 0.29) is 25.0 Å². The van der Waals surface area contributed by atoms with Gasteiger partial charge >= 0.3 is 6.09 Å². The summed E-state index contributed by atoms with van der Waals surface area (Å²) in [7, 11) is 0. The van der Waals surface area contributed by atoms with Crippen LogP contribution in [-0.2, 0) is 16.0 Å². The summed E-state index contributed by atoms with van der Waals surface area (Å²) in [6.07, 6.45) is 1.21. The van der Waals surface area contributed by atoms with Crippen molar-refractivity contribution in [3.63, 3.8) is 0 Å². The van der Waals surface area contributed by atoms with E-state index in [2.05, 4.69) is 26.8 Å². The fraction of sp³-hybridized carbons (Fsp3) is 0.435. The molecule has 2 aliphatic heterocycles. The van der Waals surface area contributed by atoms with Gasteiger partial charge < -0.3 is 15.0 Å². The molecule has 2 amide bonds. The van der Waals surface area contributed by atoms with Crippen molar-refractivity contribution in [1.82, 2.24) is 25.5 Å². The van der Waals surface area contributed by atoms with Crippen molar-refractivity contribution in [2.45, 2.75) is 38.3 Å². The Morgan fingerprint density at radius 2 is 2.11 bits per heavy atom. The molecule has 0 saturated carbocycles. The van der Waals surface area contributed by atoms with Crippen LogP contribution in [-0.4, -0.2) is 64.5 Å². The molecular weight excluding hydrogens is 473 g/mol. The zero-order valence-corrected chi connectivity index (χ0v) is 20.1. The highest BCUT2D eigenvalue weighted by Crippen LogP contribution is 2.31. The van der Waals surface area contributed by atoms with Gasteiger partial charge in [-0.15, -0.1) is 21.5 Å². The SMILES string of the molecule is CC(=O)NCC1CN(c2ccc(N3CCC(n4nnc(Cc5cccs5)n4)CC3)c(F)c2)C(=O)O1. The number of nitrogens with one attached hydrogen (secondary N) is 1. The van der Waals surface area contributed by atoms with Crippen molar-refractivity contribution in [3.05, 3.63) is 52.2 Å². The van der Waals surface area contributed by atoms with E-state index in [1.54, 1.807) is 28.3 Å². The Bertz CT molecular complexity index is 1190. The van der Waals surface area contributed by atoms with E-state index in [0.29, 0.717) is 36.7 Å². The van der Waals surface area contributed by atoms with Gasteiger partial charge in [0.05, 0.1) is 30.5 Å². The molecule has 184 valence electrons. The average Bonchev–Trinajstić information content (AvgIpc) is 3.60. The Labute approximate surface area is 205 Å². The van der Waals surface area contributed by atoms with Crippen LogP contribution in [0.2, 0.25) is 0 Å². The van der Waals surface area contributed by atoms with Crippen LogP contribution in [0.3, 0.4) is 0 Å². The van der Waals surface area contributed by atoms with E-state index in [1.807, 2.05) is 16.3 Å². The standard InChI is InChI=1S/C23H26FN7O3S/c1-15(32)25-13-18-14-30(23(33)34-18)17-4-5-21(20(24)11-17)29-8-6-16(7-9-29)31-27-22(26-28-31)12-19-3-2-10-35-19/h2-5,10-11,16,18H,6-9,12-14H2,1H3,(H,25,32). The summed E-state index contributed by atoms with van der Waals surface area (Å²) < 4.78 is 20.3. The van der Waals surface area contributed by atoms with Crippen LogP contribution < -0.4 is 15.1 Å². The lowest BCUT2D eigenvalue weighted by Gasteiger charge is -2.33. The van der Waals surface area contributed by atoms with Gasteiger partial charge in [0, 0.05) is 31.3 Å². The number of nitrogens with zero attached hydrogens (tertiary/aromatic N) is 6. The molecule has 4 heterocycles. The van der Waals surface area contributed by atoms with Gasteiger partial charge in [-0.1, -0.05) is 6.07 Å². The number of amides is 2. The maximum atomic E-state index is 15.1. The fourth-order valence-corrected chi connectivity index (χ4v) is 5.11. The van der Waals surface area contributed by atoms with Gasteiger partial charge in [-0.05, 0) is 47.7 Å². The lowest BCUT2D eigenvalue weighted by molar-refractivity contribution is -0.119. The predicted molar refractivity (Wildman–Crippen MR) is 128 cm³/mol. The number of tetrazole rings is 1. The van der Waals surface area contributed by atoms with E-state index in [0.717, 1.165) is 12.8 Å². The summed E-state index contributed by atoms with van der Waals surface area (Å²) in [5.41, 5.74) is 0.932. The zero-order chi connectivity index (χ0) is 24.4. The number of carbonyl (C=O) groups is 2. The Hall–Kier alpha value is -3.54. The quantitative estimate of drug-likeness (QED) is 0.533. The van der Waals surface area contributed by atoms with Crippen LogP contribution in [0, 0.1) is 5.82 Å². The highest BCUT2D eigenvalue weighted by molar-refractivity contribution is 7.09. The molecule has 3 aromatic rings. The third-order valence-electron chi connectivity index (χ3n) is 6.21. The molecule has 5 rings (SSSR count). The van der Waals surface area contributed by atoms with Crippen molar-refractivity contribution < 1.29 is 18.7 Å². The first-order valence-corrected chi connectivity index (χ1v) is 12.4. The molecule has 12 heteroatoms. The molecule has 2 saturated heterocycles. The average molecular weight is 500 g/mol. The Morgan fingerprint density at radius 1 is 1.29 bits per heavy atom. The number of thiophene rings is 1. The number of hydrogen-bond donors (Lipinski definition) is 1. The lowest BCUT2D eigenvalue weighted by atomic mass is 10.0. The first-order valence-electron chi connectivity index (χ1n) is 11.5. The topological polar surface area (TPSA) is 105 Å². The second-order valence-corrected chi connectivity index (χ2v) is 9.72. The third kappa shape index (κ3) is 5.26. The number of aromatic nitrogens is 4. The minimum atomic E-state index is -0.549. The number of carbonyl (C=O) groups excluding carboxylic acids is 2. The highest BCUT2D eigenvalue weighted by atomic mass is 32.1. The van der Waals surface area contributed by atoms with Crippen molar-refractivity contribution in [2.75, 3.05) is 36.0 Å². The molecule has 10 nitrogen and oxygen atoms in total. The van der Waals surface area contributed by atoms with Gasteiger partial charge in [0.25, 0.3) is 0 Å². The van der Waals surface area contributed by atoms with Gasteiger partial charge in [-0.25, -0.2) is 9.18 Å². The summed E-state index contributed by atoms with van der Waals surface area (Å²) in [5.74, 6) is 0.115. The van der Waals surface area contributed by atoms with Crippen molar-refractivity contribution >= 4 is 34.7 Å². The Morgan fingerprint density at radius 3 is 2.83 bits per heavy atom. The van der Waals surface area contributed by atoms with Crippen LogP contribution in [0.4, 0.5) is 20.6 Å². The molecule has 1 aromatic carbocycles. The number of piperidine rings is 1. The second-order valence-electron chi connectivity index (χ2n) is 8.69. The van der Waals surface area contributed by atoms with Gasteiger partial charge in [0.1, 0.15) is 11.9 Å². The van der Waals surface area contributed by atoms with Gasteiger partial charge in [-0.3, -0.25) is 9.69 Å². The van der Waals surface area contributed by atoms with Crippen molar-refractivity contribution in [2.24, 2.45) is 0 Å². The molecule has 1 atom stereocenters. The lowest BCUT2D eigenvalue weighted by Crippen LogP contribution is -2.36. The monoisotopic (exact) mass is 499 g/mol. The minimum absolute atomic E-state index is 0.123. The number of cyclic esters (lactones) is 1. The normalized spacial score (nSPS) is 18.7. The molecule has 2 aromatic heterocycles. The minimum Gasteiger partial charge on any atom is -0.442 e. The molecule has 35 heavy (non-hydrogen) atoms. The maximum absolute atomic E-state index is 15.1. The van der Waals surface area contributed by atoms with E-state index >= 15 is 4.39 Å². The van der Waals surface area contributed by atoms with Crippen LogP contribution in [0.1, 0.15) is 36.5 Å². The number of anilines is 2. The van der Waals surface area contributed by atoms with Crippen molar-refractivity contribution in [1.29, 1.82) is 0 Å². The number of benzene rings is 1. The zero-order valence-electron chi connectivity index (χ0n) is 19.3. The smallest absolute Gasteiger partial charge is 0.414 e. The third-order valence-corrected chi connectivity index (χ3v) is 7.09. The van der Waals surface area contributed by atoms with Gasteiger partial charge in [-0.2, -0.15) is 4.80 Å². The highest BCUT2D eigenvalue weighted by Gasteiger charge is 2.33. The summed E-state index contributed by atoms with van der Waals surface area (Å²) in [6, 6.07) is 8.97. The Kier molecular flexibility index (Phi) is 6.62. The number of ether oxygens (including phenoxy) is 1. The number of rotatable bonds is 7. The first-order chi connectivity index (χ1) is 17.0. The summed E-state index contributed by atoms with van der Waals surface area (Å²) in [5, 5.41) is 17.6. The summed E-state index contributed by atoms with van der Waals surface area (Å²) in [4.78, 5) is 29.6.